The van der Waals surface area contributed by atoms with Crippen LogP contribution in [0.3, 0.4) is 0 Å². The van der Waals surface area contributed by atoms with Gasteiger partial charge in [0, 0.05) is 38.1 Å². The van der Waals surface area contributed by atoms with E-state index >= 15 is 0 Å². The van der Waals surface area contributed by atoms with Gasteiger partial charge < -0.3 is 9.47 Å². The largest absolute Gasteiger partial charge is 0.461 e. The smallest absolute Gasteiger partial charge is 0.316 e. The van der Waals surface area contributed by atoms with Gasteiger partial charge in [-0.05, 0) is 0 Å². The molecule has 1 aliphatic rings. The van der Waals surface area contributed by atoms with Gasteiger partial charge >= 0.3 is 6.01 Å². The molecule has 0 amide bonds. The van der Waals surface area contributed by atoms with Gasteiger partial charge in [-0.25, -0.2) is 4.98 Å². The van der Waals surface area contributed by atoms with Crippen molar-refractivity contribution in [2.45, 2.75) is 6.42 Å². The van der Waals surface area contributed by atoms with Crippen molar-refractivity contribution >= 4 is 6.21 Å². The molecule has 0 aromatic carbocycles. The third kappa shape index (κ3) is 2.50. The lowest BCUT2D eigenvalue weighted by atomic mass is 10.1. The molecule has 5 nitrogen and oxygen atoms in total. The molecule has 0 radical (unpaired) electrons. The van der Waals surface area contributed by atoms with Crippen molar-refractivity contribution in [1.82, 2.24) is 9.97 Å². The summed E-state index contributed by atoms with van der Waals surface area (Å²) in [6, 6.07) is 0.418. The molecular weight excluding hydrogens is 194 g/mol. The Morgan fingerprint density at radius 2 is 2.33 bits per heavy atom. The number of fused-ring (bicyclic) bond motifs is 1. The van der Waals surface area contributed by atoms with Gasteiger partial charge in [0.15, 0.2) is 0 Å². The summed E-state index contributed by atoms with van der Waals surface area (Å²) >= 11 is 0. The topological polar surface area (TPSA) is 56.6 Å². The van der Waals surface area contributed by atoms with Gasteiger partial charge in [0.25, 0.3) is 0 Å². The number of methoxy groups -OCH3 is 1. The van der Waals surface area contributed by atoms with Gasteiger partial charge in [-0.3, -0.25) is 4.99 Å². The van der Waals surface area contributed by atoms with Gasteiger partial charge in [0.1, 0.15) is 6.61 Å². The third-order valence-electron chi connectivity index (χ3n) is 2.10. The molecule has 15 heavy (non-hydrogen) atoms. The molecule has 2 heterocycles. The van der Waals surface area contributed by atoms with E-state index < -0.39 is 0 Å². The lowest BCUT2D eigenvalue weighted by molar-refractivity contribution is 0.140. The van der Waals surface area contributed by atoms with E-state index in [9.17, 15) is 0 Å². The molecule has 0 fully saturated rings. The second-order valence-electron chi connectivity index (χ2n) is 3.18. The Morgan fingerprint density at radius 3 is 3.20 bits per heavy atom. The molecule has 1 aromatic heterocycles. The van der Waals surface area contributed by atoms with E-state index in [1.165, 1.54) is 0 Å². The zero-order valence-corrected chi connectivity index (χ0v) is 8.64. The summed E-state index contributed by atoms with van der Waals surface area (Å²) < 4.78 is 10.2. The number of rotatable bonds is 4. The van der Waals surface area contributed by atoms with Crippen LogP contribution >= 0.6 is 0 Å². The average Bonchev–Trinajstić information content (AvgIpc) is 2.29. The third-order valence-corrected chi connectivity index (χ3v) is 2.10. The number of hydrogen-bond acceptors (Lipinski definition) is 5. The summed E-state index contributed by atoms with van der Waals surface area (Å²) in [7, 11) is 1.63. The molecule has 1 aromatic rings. The summed E-state index contributed by atoms with van der Waals surface area (Å²) in [6.07, 6.45) is 4.40. The number of aromatic nitrogens is 2. The van der Waals surface area contributed by atoms with E-state index in [-0.39, 0.29) is 0 Å². The molecule has 0 atom stereocenters. The molecule has 0 N–H and O–H groups in total. The standard InChI is InChI=1S/C10H13N3O2/c1-14-4-5-15-10-12-7-8-6-11-3-2-9(8)13-10/h6-7H,2-5H2,1H3. The van der Waals surface area contributed by atoms with Crippen LogP contribution in [0.15, 0.2) is 11.2 Å². The van der Waals surface area contributed by atoms with E-state index in [0.29, 0.717) is 19.2 Å². The van der Waals surface area contributed by atoms with Gasteiger partial charge in [-0.15, -0.1) is 0 Å². The quantitative estimate of drug-likeness (QED) is 0.674. The minimum Gasteiger partial charge on any atom is -0.461 e. The first kappa shape index (κ1) is 10.0. The fourth-order valence-electron chi connectivity index (χ4n) is 1.34. The Labute approximate surface area is 88.2 Å². The molecule has 5 heteroatoms. The first-order chi connectivity index (χ1) is 7.40. The van der Waals surface area contributed by atoms with Crippen molar-refractivity contribution < 1.29 is 9.47 Å². The molecule has 0 spiro atoms. The molecule has 0 aliphatic carbocycles. The van der Waals surface area contributed by atoms with Crippen LogP contribution in [0.2, 0.25) is 0 Å². The van der Waals surface area contributed by atoms with Crippen LogP contribution < -0.4 is 4.74 Å². The summed E-state index contributed by atoms with van der Waals surface area (Å²) in [5.74, 6) is 0. The van der Waals surface area contributed by atoms with E-state index in [0.717, 1.165) is 24.2 Å². The number of aliphatic imine (C=N–C) groups is 1. The molecule has 0 saturated carbocycles. The SMILES string of the molecule is COCCOc1ncc2c(n1)CCN=C2. The fourth-order valence-corrected chi connectivity index (χ4v) is 1.34. The molecular formula is C10H13N3O2. The predicted octanol–water partition coefficient (Wildman–Crippen LogP) is 0.477. The highest BCUT2D eigenvalue weighted by atomic mass is 16.5. The minimum atomic E-state index is 0.418. The number of hydrogen-bond donors (Lipinski definition) is 0. The van der Waals surface area contributed by atoms with Crippen molar-refractivity contribution in [1.29, 1.82) is 0 Å². The van der Waals surface area contributed by atoms with Crippen LogP contribution in [-0.2, 0) is 11.2 Å². The summed E-state index contributed by atoms with van der Waals surface area (Å²) in [6.45, 7) is 1.81. The van der Waals surface area contributed by atoms with Gasteiger partial charge in [-0.2, -0.15) is 4.98 Å². The van der Waals surface area contributed by atoms with Crippen LogP contribution in [0.1, 0.15) is 11.3 Å². The molecule has 1 aliphatic heterocycles. The maximum atomic E-state index is 5.32. The summed E-state index contributed by atoms with van der Waals surface area (Å²) in [4.78, 5) is 12.5. The Hall–Kier alpha value is -1.49. The number of ether oxygens (including phenoxy) is 2. The van der Waals surface area contributed by atoms with Gasteiger partial charge in [-0.1, -0.05) is 0 Å². The highest BCUT2D eigenvalue weighted by molar-refractivity contribution is 5.81. The Bertz CT molecular complexity index is 366. The average molecular weight is 207 g/mol. The second-order valence-corrected chi connectivity index (χ2v) is 3.18. The summed E-state index contributed by atoms with van der Waals surface area (Å²) in [5.41, 5.74) is 1.99. The fraction of sp³-hybridized carbons (Fsp3) is 0.500. The molecule has 2 rings (SSSR count). The van der Waals surface area contributed by atoms with E-state index in [1.54, 1.807) is 19.5 Å². The second kappa shape index (κ2) is 4.84. The van der Waals surface area contributed by atoms with Crippen LogP contribution in [0.5, 0.6) is 6.01 Å². The number of nitrogens with zero attached hydrogens (tertiary/aromatic N) is 3. The maximum Gasteiger partial charge on any atom is 0.316 e. The van der Waals surface area contributed by atoms with Crippen molar-refractivity contribution in [2.75, 3.05) is 26.9 Å². The van der Waals surface area contributed by atoms with Crippen LogP contribution in [-0.4, -0.2) is 43.1 Å². The van der Waals surface area contributed by atoms with Crippen molar-refractivity contribution in [3.05, 3.63) is 17.5 Å². The van der Waals surface area contributed by atoms with Crippen molar-refractivity contribution in [3.63, 3.8) is 0 Å². The Morgan fingerprint density at radius 1 is 1.40 bits per heavy atom. The van der Waals surface area contributed by atoms with Crippen LogP contribution in [0, 0.1) is 0 Å². The Kier molecular flexibility index (Phi) is 3.24. The lowest BCUT2D eigenvalue weighted by Gasteiger charge is -2.09. The zero-order chi connectivity index (χ0) is 10.5. The highest BCUT2D eigenvalue weighted by Gasteiger charge is 2.09. The van der Waals surface area contributed by atoms with Crippen LogP contribution in [0.4, 0.5) is 0 Å². The van der Waals surface area contributed by atoms with Gasteiger partial charge in [0.05, 0.1) is 12.3 Å². The highest BCUT2D eigenvalue weighted by Crippen LogP contribution is 2.11. The molecule has 0 bridgehead atoms. The van der Waals surface area contributed by atoms with E-state index in [2.05, 4.69) is 15.0 Å². The van der Waals surface area contributed by atoms with E-state index in [1.807, 2.05) is 0 Å². The van der Waals surface area contributed by atoms with Crippen molar-refractivity contribution in [2.24, 2.45) is 4.99 Å². The first-order valence-corrected chi connectivity index (χ1v) is 4.87. The maximum absolute atomic E-state index is 5.32. The molecule has 0 unspecified atom stereocenters. The van der Waals surface area contributed by atoms with E-state index in [4.69, 9.17) is 9.47 Å². The first-order valence-electron chi connectivity index (χ1n) is 4.87. The van der Waals surface area contributed by atoms with Crippen molar-refractivity contribution in [3.8, 4) is 6.01 Å². The monoisotopic (exact) mass is 207 g/mol. The normalized spacial score (nSPS) is 13.7. The Balaban J connectivity index is 2.04. The lowest BCUT2D eigenvalue weighted by Crippen LogP contribution is -2.11. The zero-order valence-electron chi connectivity index (χ0n) is 8.64. The summed E-state index contributed by atoms with van der Waals surface area (Å²) in [5, 5.41) is 0. The molecule has 0 saturated heterocycles. The molecule has 80 valence electrons. The minimum absolute atomic E-state index is 0.418. The van der Waals surface area contributed by atoms with Gasteiger partial charge in [0.2, 0.25) is 0 Å². The van der Waals surface area contributed by atoms with Crippen LogP contribution in [0.25, 0.3) is 0 Å². The predicted molar refractivity (Wildman–Crippen MR) is 55.6 cm³/mol.